The summed E-state index contributed by atoms with van der Waals surface area (Å²) in [5, 5.41) is 11.6. The summed E-state index contributed by atoms with van der Waals surface area (Å²) < 4.78 is 0. The number of non-ortho nitro benzene ring substituents is 1. The highest BCUT2D eigenvalue weighted by atomic mass is 32.2. The average molecular weight is 376 g/mol. The number of hydrogen-bond acceptors (Lipinski definition) is 4. The molecule has 0 aromatic heterocycles. The van der Waals surface area contributed by atoms with Gasteiger partial charge in [0.15, 0.2) is 0 Å². The third-order valence-corrected chi connectivity index (χ3v) is 6.42. The van der Waals surface area contributed by atoms with Crippen LogP contribution in [0.3, 0.4) is 0 Å². The number of allylic oxidation sites excluding steroid dienone is 2. The number of hydrogen-bond donors (Lipinski definition) is 0. The molecular formula is C22H20N2O2S. The Morgan fingerprint density at radius 3 is 2.67 bits per heavy atom. The second-order valence-electron chi connectivity index (χ2n) is 6.85. The molecule has 0 amide bonds. The number of benzene rings is 2. The second-order valence-corrected chi connectivity index (χ2v) is 8.23. The van der Waals surface area contributed by atoms with Crippen LogP contribution in [0.25, 0.3) is 0 Å². The minimum atomic E-state index is -0.327. The third-order valence-electron chi connectivity index (χ3n) is 4.90. The van der Waals surface area contributed by atoms with E-state index in [0.29, 0.717) is 0 Å². The van der Waals surface area contributed by atoms with Crippen LogP contribution in [0, 0.1) is 17.0 Å². The van der Waals surface area contributed by atoms with Gasteiger partial charge in [0.05, 0.1) is 11.0 Å². The van der Waals surface area contributed by atoms with Gasteiger partial charge in [-0.3, -0.25) is 15.1 Å². The Hall–Kier alpha value is -2.66. The van der Waals surface area contributed by atoms with E-state index in [9.17, 15) is 10.1 Å². The first-order valence-electron chi connectivity index (χ1n) is 8.99. The summed E-state index contributed by atoms with van der Waals surface area (Å²) >= 11 is 1.84. The zero-order chi connectivity index (χ0) is 18.8. The number of nitro groups is 1. The lowest BCUT2D eigenvalue weighted by Crippen LogP contribution is -2.19. The van der Waals surface area contributed by atoms with E-state index in [2.05, 4.69) is 49.4 Å². The van der Waals surface area contributed by atoms with Gasteiger partial charge < -0.3 is 0 Å². The first-order valence-corrected chi connectivity index (χ1v) is 9.93. The first kappa shape index (κ1) is 17.7. The Bertz CT molecular complexity index is 947. The molecule has 27 heavy (non-hydrogen) atoms. The molecule has 0 saturated heterocycles. The van der Waals surface area contributed by atoms with Crippen LogP contribution in [-0.2, 0) is 0 Å². The summed E-state index contributed by atoms with van der Waals surface area (Å²) in [5.41, 5.74) is 4.53. The quantitative estimate of drug-likeness (QED) is 0.530. The van der Waals surface area contributed by atoms with E-state index in [0.717, 1.165) is 23.3 Å². The maximum Gasteiger partial charge on any atom is 0.269 e. The zero-order valence-corrected chi connectivity index (χ0v) is 15.8. The fraction of sp³-hybridized carbons (Fsp3) is 0.227. The molecule has 0 N–H and O–H groups in total. The Morgan fingerprint density at radius 1 is 1.11 bits per heavy atom. The monoisotopic (exact) mass is 376 g/mol. The second kappa shape index (κ2) is 7.53. The molecule has 3 atom stereocenters. The van der Waals surface area contributed by atoms with Crippen molar-refractivity contribution in [3.8, 4) is 0 Å². The van der Waals surface area contributed by atoms with Crippen molar-refractivity contribution in [1.29, 1.82) is 0 Å². The molecule has 4 nitrogen and oxygen atoms in total. The van der Waals surface area contributed by atoms with Crippen molar-refractivity contribution >= 4 is 23.2 Å². The number of rotatable bonds is 3. The maximum absolute atomic E-state index is 11.2. The fourth-order valence-corrected chi connectivity index (χ4v) is 4.87. The van der Waals surface area contributed by atoms with Crippen LogP contribution >= 0.6 is 11.8 Å². The molecule has 1 aliphatic carbocycles. The molecule has 0 radical (unpaired) electrons. The maximum atomic E-state index is 11.2. The minimum Gasteiger partial charge on any atom is -0.280 e. The molecule has 136 valence electrons. The molecule has 2 aromatic rings. The van der Waals surface area contributed by atoms with Gasteiger partial charge in [-0.05, 0) is 18.1 Å². The molecule has 2 aliphatic rings. The van der Waals surface area contributed by atoms with Gasteiger partial charge in [0.1, 0.15) is 0 Å². The van der Waals surface area contributed by atoms with Gasteiger partial charge in [-0.15, -0.1) is 11.8 Å². The van der Waals surface area contributed by atoms with Crippen molar-refractivity contribution in [1.82, 2.24) is 0 Å². The molecule has 0 saturated carbocycles. The highest BCUT2D eigenvalue weighted by Crippen LogP contribution is 2.42. The van der Waals surface area contributed by atoms with E-state index in [1.807, 2.05) is 23.9 Å². The van der Waals surface area contributed by atoms with Crippen LogP contribution in [0.1, 0.15) is 28.4 Å². The molecule has 4 rings (SSSR count). The molecule has 0 bridgehead atoms. The van der Waals surface area contributed by atoms with Gasteiger partial charge in [-0.25, -0.2) is 0 Å². The standard InChI is InChI=1S/C22H20N2O2S/c1-15-9-11-16(12-10-15)20-14-22(17-5-4-6-18(13-17)24(25)26)27-21-8-3-2-7-19(21)23-20/h2-13,19,21-22H,14H2,1H3/t19-,21+,22+/m1/s1. The lowest BCUT2D eigenvalue weighted by Gasteiger charge is -2.22. The summed E-state index contributed by atoms with van der Waals surface area (Å²) in [6, 6.07) is 15.5. The van der Waals surface area contributed by atoms with E-state index in [1.165, 1.54) is 5.56 Å². The van der Waals surface area contributed by atoms with Gasteiger partial charge in [-0.2, -0.15) is 0 Å². The fourth-order valence-electron chi connectivity index (χ4n) is 3.44. The predicted octanol–water partition coefficient (Wildman–Crippen LogP) is 5.43. The van der Waals surface area contributed by atoms with Crippen LogP contribution in [0.15, 0.2) is 77.8 Å². The Morgan fingerprint density at radius 2 is 1.89 bits per heavy atom. The molecule has 0 spiro atoms. The van der Waals surface area contributed by atoms with E-state index in [1.54, 1.807) is 18.2 Å². The van der Waals surface area contributed by atoms with Gasteiger partial charge in [0.25, 0.3) is 5.69 Å². The zero-order valence-electron chi connectivity index (χ0n) is 15.0. The first-order chi connectivity index (χ1) is 13.1. The normalized spacial score (nSPS) is 24.0. The van der Waals surface area contributed by atoms with Crippen LogP contribution in [0.5, 0.6) is 0 Å². The highest BCUT2D eigenvalue weighted by molar-refractivity contribution is 8.00. The van der Waals surface area contributed by atoms with Crippen molar-refractivity contribution in [2.45, 2.75) is 29.9 Å². The Labute approximate surface area is 162 Å². The van der Waals surface area contributed by atoms with E-state index in [4.69, 9.17) is 4.99 Å². The Kier molecular flexibility index (Phi) is 4.94. The Balaban J connectivity index is 1.73. The van der Waals surface area contributed by atoms with Gasteiger partial charge >= 0.3 is 0 Å². The molecule has 0 unspecified atom stereocenters. The van der Waals surface area contributed by atoms with E-state index < -0.39 is 0 Å². The summed E-state index contributed by atoms with van der Waals surface area (Å²) in [5.74, 6) is 0. The van der Waals surface area contributed by atoms with Gasteiger partial charge in [0, 0.05) is 34.8 Å². The SMILES string of the molecule is Cc1ccc(C2=N[C@@H]3C=CC=C[C@@H]3S[C@H](c3cccc([N+](=O)[O-])c3)C2)cc1. The number of nitrogens with zero attached hydrogens (tertiary/aromatic N) is 2. The smallest absolute Gasteiger partial charge is 0.269 e. The van der Waals surface area contributed by atoms with Crippen LogP contribution in [-0.4, -0.2) is 21.9 Å². The lowest BCUT2D eigenvalue weighted by atomic mass is 9.99. The molecular weight excluding hydrogens is 356 g/mol. The number of thioether (sulfide) groups is 1. The van der Waals surface area contributed by atoms with E-state index in [-0.39, 0.29) is 27.2 Å². The minimum absolute atomic E-state index is 0.0972. The van der Waals surface area contributed by atoms with Crippen LogP contribution in [0.4, 0.5) is 5.69 Å². The molecule has 2 aromatic carbocycles. The van der Waals surface area contributed by atoms with Crippen molar-refractivity contribution in [3.63, 3.8) is 0 Å². The largest absolute Gasteiger partial charge is 0.280 e. The predicted molar refractivity (Wildman–Crippen MR) is 112 cm³/mol. The summed E-state index contributed by atoms with van der Waals surface area (Å²) in [4.78, 5) is 15.9. The summed E-state index contributed by atoms with van der Waals surface area (Å²) in [7, 11) is 0. The number of fused-ring (bicyclic) bond motifs is 1. The molecule has 5 heteroatoms. The number of nitro benzene ring substituents is 1. The lowest BCUT2D eigenvalue weighted by molar-refractivity contribution is -0.384. The summed E-state index contributed by atoms with van der Waals surface area (Å²) in [6.07, 6.45) is 9.18. The molecule has 1 heterocycles. The average Bonchev–Trinajstić information content (AvgIpc) is 2.88. The van der Waals surface area contributed by atoms with Crippen molar-refractivity contribution in [3.05, 3.63) is 99.6 Å². The van der Waals surface area contributed by atoms with Crippen LogP contribution in [0.2, 0.25) is 0 Å². The van der Waals surface area contributed by atoms with Gasteiger partial charge in [-0.1, -0.05) is 66.3 Å². The van der Waals surface area contributed by atoms with Gasteiger partial charge in [0.2, 0.25) is 0 Å². The third kappa shape index (κ3) is 3.88. The number of aliphatic imine (C=N–C) groups is 1. The van der Waals surface area contributed by atoms with Crippen molar-refractivity contribution in [2.24, 2.45) is 4.99 Å². The highest BCUT2D eigenvalue weighted by Gasteiger charge is 2.30. The topological polar surface area (TPSA) is 55.5 Å². The number of aryl methyl sites for hydroxylation is 1. The molecule has 0 fully saturated rings. The summed E-state index contributed by atoms with van der Waals surface area (Å²) in [6.45, 7) is 2.07. The molecule has 1 aliphatic heterocycles. The van der Waals surface area contributed by atoms with Crippen molar-refractivity contribution < 1.29 is 4.92 Å². The van der Waals surface area contributed by atoms with E-state index >= 15 is 0 Å². The van der Waals surface area contributed by atoms with Crippen LogP contribution < -0.4 is 0 Å². The van der Waals surface area contributed by atoms with Crippen molar-refractivity contribution in [2.75, 3.05) is 0 Å².